The lowest BCUT2D eigenvalue weighted by Crippen LogP contribution is -2.45. The van der Waals surface area contributed by atoms with Crippen molar-refractivity contribution in [1.82, 2.24) is 14.5 Å². The monoisotopic (exact) mass is 222 g/mol. The van der Waals surface area contributed by atoms with Crippen molar-refractivity contribution in [3.05, 3.63) is 18.2 Å². The molecular formula is C12H22N4. The molecule has 1 heterocycles. The molecule has 2 N–H and O–H groups in total. The lowest BCUT2D eigenvalue weighted by Gasteiger charge is -2.37. The number of hydrogen-bond donors (Lipinski definition) is 1. The smallest absolute Gasteiger partial charge is 0.0949 e. The first kappa shape index (κ1) is 11.6. The van der Waals surface area contributed by atoms with Gasteiger partial charge in [0, 0.05) is 24.8 Å². The van der Waals surface area contributed by atoms with Gasteiger partial charge in [-0.1, -0.05) is 12.8 Å². The molecule has 0 radical (unpaired) electrons. The fraction of sp³-hybridized carbons (Fsp3) is 0.750. The Bertz CT molecular complexity index is 337. The van der Waals surface area contributed by atoms with Crippen molar-refractivity contribution in [2.24, 2.45) is 5.73 Å². The second-order valence-electron chi connectivity index (χ2n) is 5.04. The normalized spacial score (nSPS) is 19.5. The molecule has 2 rings (SSSR count). The molecule has 1 aromatic rings. The van der Waals surface area contributed by atoms with Crippen LogP contribution in [0.2, 0.25) is 0 Å². The van der Waals surface area contributed by atoms with Crippen LogP contribution in [0.3, 0.4) is 0 Å². The van der Waals surface area contributed by atoms with Crippen LogP contribution in [-0.4, -0.2) is 34.1 Å². The Balaban J connectivity index is 2.18. The topological polar surface area (TPSA) is 47.1 Å². The van der Waals surface area contributed by atoms with Crippen LogP contribution in [0.5, 0.6) is 0 Å². The zero-order chi connectivity index (χ0) is 11.6. The lowest BCUT2D eigenvalue weighted by molar-refractivity contribution is 0.133. The van der Waals surface area contributed by atoms with E-state index in [2.05, 4.69) is 28.5 Å². The third-order valence-electron chi connectivity index (χ3n) is 3.96. The minimum absolute atomic E-state index is 0.310. The van der Waals surface area contributed by atoms with Gasteiger partial charge in [-0.2, -0.15) is 0 Å². The molecule has 1 fully saturated rings. The molecule has 0 bridgehead atoms. The highest BCUT2D eigenvalue weighted by Gasteiger charge is 2.36. The summed E-state index contributed by atoms with van der Waals surface area (Å²) in [7, 11) is 4.37. The Labute approximate surface area is 97.4 Å². The highest BCUT2D eigenvalue weighted by molar-refractivity contribution is 5.01. The molecule has 0 spiro atoms. The molecule has 0 aliphatic heterocycles. The van der Waals surface area contributed by atoms with E-state index in [0.717, 1.165) is 12.2 Å². The van der Waals surface area contributed by atoms with Gasteiger partial charge in [-0.05, 0) is 26.9 Å². The van der Waals surface area contributed by atoms with E-state index in [0.29, 0.717) is 12.1 Å². The molecule has 0 amide bonds. The molecule has 0 aromatic carbocycles. The van der Waals surface area contributed by atoms with Gasteiger partial charge in [0.1, 0.15) is 0 Å². The quantitative estimate of drug-likeness (QED) is 0.833. The zero-order valence-electron chi connectivity index (χ0n) is 10.3. The Morgan fingerprint density at radius 3 is 2.69 bits per heavy atom. The number of hydrogen-bond acceptors (Lipinski definition) is 3. The van der Waals surface area contributed by atoms with Crippen LogP contribution in [0, 0.1) is 0 Å². The van der Waals surface area contributed by atoms with Crippen molar-refractivity contribution in [2.45, 2.75) is 44.3 Å². The van der Waals surface area contributed by atoms with Crippen molar-refractivity contribution in [1.29, 1.82) is 0 Å². The van der Waals surface area contributed by atoms with E-state index in [4.69, 9.17) is 5.73 Å². The summed E-state index contributed by atoms with van der Waals surface area (Å²) in [6.07, 6.45) is 9.02. The van der Waals surface area contributed by atoms with Gasteiger partial charge >= 0.3 is 0 Å². The molecule has 0 unspecified atom stereocenters. The molecular weight excluding hydrogens is 200 g/mol. The Morgan fingerprint density at radius 2 is 2.12 bits per heavy atom. The predicted octanol–water partition coefficient (Wildman–Crippen LogP) is 1.22. The average molecular weight is 222 g/mol. The standard InChI is InChI=1S/C12H22N4/c1-15(2)12(5-3-4-6-12)9-16-10-14-8-11(16)7-13/h8,10H,3-7,9,13H2,1-2H3. The summed E-state index contributed by atoms with van der Waals surface area (Å²) in [4.78, 5) is 6.57. The molecule has 4 heteroatoms. The van der Waals surface area contributed by atoms with Crippen molar-refractivity contribution in [3.8, 4) is 0 Å². The summed E-state index contributed by atoms with van der Waals surface area (Å²) < 4.78 is 2.21. The van der Waals surface area contributed by atoms with Crippen molar-refractivity contribution in [3.63, 3.8) is 0 Å². The van der Waals surface area contributed by atoms with Crippen molar-refractivity contribution in [2.75, 3.05) is 14.1 Å². The molecule has 16 heavy (non-hydrogen) atoms. The Morgan fingerprint density at radius 1 is 1.44 bits per heavy atom. The van der Waals surface area contributed by atoms with Crippen LogP contribution in [0.15, 0.2) is 12.5 Å². The number of rotatable bonds is 4. The Hall–Kier alpha value is -0.870. The van der Waals surface area contributed by atoms with E-state index in [1.165, 1.54) is 25.7 Å². The highest BCUT2D eigenvalue weighted by atomic mass is 15.2. The summed E-state index contributed by atoms with van der Waals surface area (Å²) in [5, 5.41) is 0. The molecule has 1 aliphatic carbocycles. The van der Waals surface area contributed by atoms with Crippen molar-refractivity contribution < 1.29 is 0 Å². The fourth-order valence-electron chi connectivity index (χ4n) is 2.76. The minimum atomic E-state index is 0.310. The van der Waals surface area contributed by atoms with Crippen molar-refractivity contribution >= 4 is 0 Å². The van der Waals surface area contributed by atoms with Gasteiger partial charge in [0.15, 0.2) is 0 Å². The van der Waals surface area contributed by atoms with E-state index in [9.17, 15) is 0 Å². The first-order chi connectivity index (χ1) is 7.68. The fourth-order valence-corrected chi connectivity index (χ4v) is 2.76. The second kappa shape index (κ2) is 4.55. The summed E-state index contributed by atoms with van der Waals surface area (Å²) in [6, 6.07) is 0. The molecule has 0 atom stereocenters. The van der Waals surface area contributed by atoms with Gasteiger partial charge in [0.05, 0.1) is 12.0 Å². The molecule has 1 aromatic heterocycles. The predicted molar refractivity (Wildman–Crippen MR) is 65.0 cm³/mol. The minimum Gasteiger partial charge on any atom is -0.332 e. The van der Waals surface area contributed by atoms with E-state index in [1.54, 1.807) is 0 Å². The molecule has 1 aliphatic rings. The number of nitrogens with zero attached hydrogens (tertiary/aromatic N) is 3. The third-order valence-corrected chi connectivity index (χ3v) is 3.96. The van der Waals surface area contributed by atoms with Gasteiger partial charge in [-0.3, -0.25) is 0 Å². The third kappa shape index (κ3) is 1.99. The maximum Gasteiger partial charge on any atom is 0.0949 e. The number of likely N-dealkylation sites (N-methyl/N-ethyl adjacent to an activating group) is 1. The maximum atomic E-state index is 5.71. The average Bonchev–Trinajstić information content (AvgIpc) is 2.88. The van der Waals surface area contributed by atoms with Crippen LogP contribution >= 0.6 is 0 Å². The first-order valence-electron chi connectivity index (χ1n) is 6.04. The SMILES string of the molecule is CN(C)C1(Cn2cncc2CN)CCCC1. The van der Waals surface area contributed by atoms with E-state index in [-0.39, 0.29) is 0 Å². The van der Waals surface area contributed by atoms with E-state index < -0.39 is 0 Å². The molecule has 1 saturated carbocycles. The largest absolute Gasteiger partial charge is 0.332 e. The van der Waals surface area contributed by atoms with E-state index in [1.807, 2.05) is 12.5 Å². The summed E-state index contributed by atoms with van der Waals surface area (Å²) >= 11 is 0. The Kier molecular flexibility index (Phi) is 3.30. The summed E-state index contributed by atoms with van der Waals surface area (Å²) in [5.41, 5.74) is 7.16. The van der Waals surface area contributed by atoms with E-state index >= 15 is 0 Å². The number of nitrogens with two attached hydrogens (primary N) is 1. The zero-order valence-corrected chi connectivity index (χ0v) is 10.3. The van der Waals surface area contributed by atoms with Gasteiger partial charge in [-0.15, -0.1) is 0 Å². The second-order valence-corrected chi connectivity index (χ2v) is 5.04. The number of imidazole rings is 1. The van der Waals surface area contributed by atoms with Crippen LogP contribution in [0.4, 0.5) is 0 Å². The van der Waals surface area contributed by atoms with Crippen LogP contribution in [0.25, 0.3) is 0 Å². The van der Waals surface area contributed by atoms with Gasteiger partial charge in [0.2, 0.25) is 0 Å². The summed E-state index contributed by atoms with van der Waals surface area (Å²) in [6.45, 7) is 1.59. The molecule has 90 valence electrons. The van der Waals surface area contributed by atoms with Crippen LogP contribution < -0.4 is 5.73 Å². The number of aromatic nitrogens is 2. The lowest BCUT2D eigenvalue weighted by atomic mass is 9.96. The van der Waals surface area contributed by atoms with Gasteiger partial charge in [-0.25, -0.2) is 4.98 Å². The van der Waals surface area contributed by atoms with Gasteiger partial charge < -0.3 is 15.2 Å². The maximum absolute atomic E-state index is 5.71. The van der Waals surface area contributed by atoms with Crippen LogP contribution in [0.1, 0.15) is 31.4 Å². The van der Waals surface area contributed by atoms with Crippen LogP contribution in [-0.2, 0) is 13.1 Å². The molecule has 0 saturated heterocycles. The molecule has 4 nitrogen and oxygen atoms in total. The van der Waals surface area contributed by atoms with Gasteiger partial charge in [0.25, 0.3) is 0 Å². The summed E-state index contributed by atoms with van der Waals surface area (Å²) in [5.74, 6) is 0. The first-order valence-corrected chi connectivity index (χ1v) is 6.04. The highest BCUT2D eigenvalue weighted by Crippen LogP contribution is 2.35.